The molecule has 2 aromatic carbocycles. The van der Waals surface area contributed by atoms with Gasteiger partial charge in [0.05, 0.1) is 6.61 Å². The average Bonchev–Trinajstić information content (AvgIpc) is 2.40. The van der Waals surface area contributed by atoms with Gasteiger partial charge in [-0.1, -0.05) is 49.5 Å². The highest BCUT2D eigenvalue weighted by Crippen LogP contribution is 2.36. The molecule has 0 fully saturated rings. The van der Waals surface area contributed by atoms with E-state index in [1.54, 1.807) is 12.1 Å². The number of aliphatic hydroxyl groups excluding tert-OH is 1. The minimum atomic E-state index is -0.838. The predicted octanol–water partition coefficient (Wildman–Crippen LogP) is 5.35. The summed E-state index contributed by atoms with van der Waals surface area (Å²) in [7, 11) is 0. The predicted molar refractivity (Wildman–Crippen MR) is 88.5 cm³/mol. The lowest BCUT2D eigenvalue weighted by atomic mass is 10.0. The third-order valence-corrected chi connectivity index (χ3v) is 4.14. The first-order chi connectivity index (χ1) is 9.52. The fourth-order valence-corrected chi connectivity index (χ4v) is 3.07. The molecule has 0 spiro atoms. The van der Waals surface area contributed by atoms with Crippen molar-refractivity contribution in [3.05, 3.63) is 61.5 Å². The van der Waals surface area contributed by atoms with E-state index in [1.807, 2.05) is 31.2 Å². The molecule has 1 N–H and O–H groups in total. The van der Waals surface area contributed by atoms with Gasteiger partial charge in [0.25, 0.3) is 0 Å². The molecular formula is C15H13Br2ClO2. The number of hydrogen-bond donors (Lipinski definition) is 1. The normalized spacial score (nSPS) is 12.2. The Bertz CT molecular complexity index is 617. The van der Waals surface area contributed by atoms with Crippen LogP contribution in [-0.2, 0) is 0 Å². The van der Waals surface area contributed by atoms with E-state index >= 15 is 0 Å². The fraction of sp³-hybridized carbons (Fsp3) is 0.200. The van der Waals surface area contributed by atoms with E-state index < -0.39 is 6.10 Å². The minimum Gasteiger partial charge on any atom is -0.493 e. The van der Waals surface area contributed by atoms with Crippen LogP contribution in [0.3, 0.4) is 0 Å². The van der Waals surface area contributed by atoms with Gasteiger partial charge in [-0.25, -0.2) is 0 Å². The zero-order chi connectivity index (χ0) is 14.7. The Morgan fingerprint density at radius 2 is 1.75 bits per heavy atom. The van der Waals surface area contributed by atoms with E-state index in [4.69, 9.17) is 16.3 Å². The number of hydrogen-bond acceptors (Lipinski definition) is 2. The Morgan fingerprint density at radius 1 is 1.10 bits per heavy atom. The molecule has 1 atom stereocenters. The van der Waals surface area contributed by atoms with Crippen molar-refractivity contribution in [2.75, 3.05) is 6.61 Å². The van der Waals surface area contributed by atoms with Gasteiger partial charge in [-0.15, -0.1) is 0 Å². The lowest BCUT2D eigenvalue weighted by Crippen LogP contribution is -2.04. The first-order valence-corrected chi connectivity index (χ1v) is 8.04. The number of aliphatic hydroxyl groups is 1. The van der Waals surface area contributed by atoms with Gasteiger partial charge in [-0.3, -0.25) is 0 Å². The summed E-state index contributed by atoms with van der Waals surface area (Å²) in [5.74, 6) is 0.655. The van der Waals surface area contributed by atoms with Gasteiger partial charge in [0, 0.05) is 25.1 Å². The van der Waals surface area contributed by atoms with E-state index in [-0.39, 0.29) is 0 Å². The quantitative estimate of drug-likeness (QED) is 0.723. The van der Waals surface area contributed by atoms with E-state index in [1.165, 1.54) is 0 Å². The van der Waals surface area contributed by atoms with Crippen molar-refractivity contribution < 1.29 is 9.84 Å². The highest BCUT2D eigenvalue weighted by molar-refractivity contribution is 9.10. The molecule has 2 nitrogen and oxygen atoms in total. The van der Waals surface area contributed by atoms with Crippen molar-refractivity contribution in [2.24, 2.45) is 0 Å². The van der Waals surface area contributed by atoms with E-state index in [0.29, 0.717) is 28.5 Å². The third kappa shape index (κ3) is 3.55. The van der Waals surface area contributed by atoms with Crippen molar-refractivity contribution in [3.63, 3.8) is 0 Å². The molecule has 20 heavy (non-hydrogen) atoms. The Morgan fingerprint density at radius 3 is 2.40 bits per heavy atom. The first-order valence-electron chi connectivity index (χ1n) is 6.08. The molecule has 0 aliphatic carbocycles. The number of rotatable bonds is 4. The average molecular weight is 421 g/mol. The van der Waals surface area contributed by atoms with Crippen molar-refractivity contribution in [1.82, 2.24) is 0 Å². The van der Waals surface area contributed by atoms with Crippen molar-refractivity contribution in [1.29, 1.82) is 0 Å². The van der Waals surface area contributed by atoms with Crippen LogP contribution in [0.4, 0.5) is 0 Å². The van der Waals surface area contributed by atoms with Gasteiger partial charge < -0.3 is 9.84 Å². The lowest BCUT2D eigenvalue weighted by Gasteiger charge is -2.17. The molecule has 2 rings (SSSR count). The van der Waals surface area contributed by atoms with Crippen LogP contribution in [0, 0.1) is 0 Å². The van der Waals surface area contributed by atoms with E-state index in [2.05, 4.69) is 31.9 Å². The molecule has 0 radical (unpaired) electrons. The molecule has 0 saturated heterocycles. The monoisotopic (exact) mass is 418 g/mol. The summed E-state index contributed by atoms with van der Waals surface area (Å²) in [5, 5.41) is 11.1. The molecule has 0 bridgehead atoms. The van der Waals surface area contributed by atoms with Crippen LogP contribution in [0.1, 0.15) is 24.2 Å². The molecule has 5 heteroatoms. The van der Waals surface area contributed by atoms with Crippen LogP contribution in [0.25, 0.3) is 0 Å². The van der Waals surface area contributed by atoms with Gasteiger partial charge in [0.15, 0.2) is 0 Å². The van der Waals surface area contributed by atoms with E-state index in [0.717, 1.165) is 8.95 Å². The summed E-state index contributed by atoms with van der Waals surface area (Å²) in [4.78, 5) is 0. The summed E-state index contributed by atoms with van der Waals surface area (Å²) >= 11 is 13.0. The van der Waals surface area contributed by atoms with Crippen molar-refractivity contribution in [3.8, 4) is 5.75 Å². The van der Waals surface area contributed by atoms with Crippen LogP contribution in [0.15, 0.2) is 45.3 Å². The number of benzene rings is 2. The molecule has 0 saturated carbocycles. The highest BCUT2D eigenvalue weighted by atomic mass is 79.9. The first kappa shape index (κ1) is 15.8. The summed E-state index contributed by atoms with van der Waals surface area (Å²) in [5.41, 5.74) is 1.33. The molecule has 0 amide bonds. The van der Waals surface area contributed by atoms with Gasteiger partial charge in [-0.2, -0.15) is 0 Å². The van der Waals surface area contributed by atoms with Gasteiger partial charge >= 0.3 is 0 Å². The summed E-state index contributed by atoms with van der Waals surface area (Å²) in [6.45, 7) is 2.44. The van der Waals surface area contributed by atoms with Crippen molar-refractivity contribution >= 4 is 43.5 Å². The highest BCUT2D eigenvalue weighted by Gasteiger charge is 2.18. The Kier molecular flexibility index (Phi) is 5.49. The zero-order valence-electron chi connectivity index (χ0n) is 10.7. The molecule has 0 heterocycles. The van der Waals surface area contributed by atoms with Crippen LogP contribution in [-0.4, -0.2) is 11.7 Å². The smallest absolute Gasteiger partial charge is 0.125 e. The van der Waals surface area contributed by atoms with Crippen LogP contribution in [0.2, 0.25) is 5.02 Å². The second-order valence-corrected chi connectivity index (χ2v) is 6.42. The van der Waals surface area contributed by atoms with E-state index in [9.17, 15) is 5.11 Å². The fourth-order valence-electron chi connectivity index (χ4n) is 1.91. The minimum absolute atomic E-state index is 0.509. The standard InChI is InChI=1S/C15H13Br2ClO2/c1-2-20-14-6-4-9(16)7-12(14)15(19)11-5-3-10(17)8-13(11)18/h3-8,15,19H,2H2,1H3. The summed E-state index contributed by atoms with van der Waals surface area (Å²) < 4.78 is 7.32. The Labute approximate surface area is 140 Å². The number of ether oxygens (including phenoxy) is 1. The Balaban J connectivity index is 2.46. The maximum atomic E-state index is 10.6. The summed E-state index contributed by atoms with van der Waals surface area (Å²) in [6.07, 6.45) is -0.838. The second-order valence-electron chi connectivity index (χ2n) is 4.18. The molecule has 0 aliphatic heterocycles. The molecule has 2 aromatic rings. The molecular weight excluding hydrogens is 407 g/mol. The summed E-state index contributed by atoms with van der Waals surface area (Å²) in [6, 6.07) is 11.0. The Hall–Kier alpha value is -0.550. The van der Waals surface area contributed by atoms with Crippen LogP contribution in [0.5, 0.6) is 5.75 Å². The lowest BCUT2D eigenvalue weighted by molar-refractivity contribution is 0.212. The van der Waals surface area contributed by atoms with Crippen molar-refractivity contribution in [2.45, 2.75) is 13.0 Å². The van der Waals surface area contributed by atoms with Crippen LogP contribution >= 0.6 is 43.5 Å². The van der Waals surface area contributed by atoms with Gasteiger partial charge in [0.2, 0.25) is 0 Å². The third-order valence-electron chi connectivity index (χ3n) is 2.82. The second kappa shape index (κ2) is 6.94. The zero-order valence-corrected chi connectivity index (χ0v) is 14.7. The maximum Gasteiger partial charge on any atom is 0.125 e. The topological polar surface area (TPSA) is 29.5 Å². The largest absolute Gasteiger partial charge is 0.493 e. The van der Waals surface area contributed by atoms with Gasteiger partial charge in [-0.05, 0) is 37.3 Å². The van der Waals surface area contributed by atoms with Gasteiger partial charge in [0.1, 0.15) is 11.9 Å². The molecule has 106 valence electrons. The maximum absolute atomic E-state index is 10.6. The van der Waals surface area contributed by atoms with Crippen LogP contribution < -0.4 is 4.74 Å². The number of halogens is 3. The molecule has 0 aromatic heterocycles. The molecule has 1 unspecified atom stereocenters. The molecule has 0 aliphatic rings. The SMILES string of the molecule is CCOc1ccc(Br)cc1C(O)c1ccc(Br)cc1Cl.